The zero-order chi connectivity index (χ0) is 9.68. The van der Waals surface area contributed by atoms with Crippen LogP contribution >= 0.6 is 0 Å². The van der Waals surface area contributed by atoms with Crippen LogP contribution in [0.5, 0.6) is 5.75 Å². The standard InChI is InChI=1S/C10H12N2O/c1-8(2)13-10-5-9(3-4-11)6-12-7-10/h5-8H,3H2,1-2H3. The van der Waals surface area contributed by atoms with Crippen LogP contribution < -0.4 is 4.74 Å². The summed E-state index contributed by atoms with van der Waals surface area (Å²) in [5.74, 6) is 0.725. The van der Waals surface area contributed by atoms with Crippen molar-refractivity contribution in [3.63, 3.8) is 0 Å². The van der Waals surface area contributed by atoms with E-state index in [0.29, 0.717) is 6.42 Å². The van der Waals surface area contributed by atoms with Gasteiger partial charge in [0.05, 0.1) is 24.8 Å². The monoisotopic (exact) mass is 176 g/mol. The van der Waals surface area contributed by atoms with E-state index in [0.717, 1.165) is 11.3 Å². The number of nitriles is 1. The summed E-state index contributed by atoms with van der Waals surface area (Å²) < 4.78 is 5.43. The summed E-state index contributed by atoms with van der Waals surface area (Å²) in [6, 6.07) is 3.91. The number of hydrogen-bond donors (Lipinski definition) is 0. The van der Waals surface area contributed by atoms with Gasteiger partial charge in [0.15, 0.2) is 0 Å². The molecule has 0 saturated heterocycles. The van der Waals surface area contributed by atoms with Crippen molar-refractivity contribution in [1.29, 1.82) is 5.26 Å². The van der Waals surface area contributed by atoms with Gasteiger partial charge in [0, 0.05) is 6.20 Å². The van der Waals surface area contributed by atoms with Crippen LogP contribution in [0.3, 0.4) is 0 Å². The third kappa shape index (κ3) is 3.12. The van der Waals surface area contributed by atoms with Crippen molar-refractivity contribution in [2.45, 2.75) is 26.4 Å². The van der Waals surface area contributed by atoms with Crippen molar-refractivity contribution in [2.24, 2.45) is 0 Å². The quantitative estimate of drug-likeness (QED) is 0.707. The number of nitrogens with zero attached hydrogens (tertiary/aromatic N) is 2. The largest absolute Gasteiger partial charge is 0.489 e. The zero-order valence-electron chi connectivity index (χ0n) is 7.82. The molecule has 13 heavy (non-hydrogen) atoms. The van der Waals surface area contributed by atoms with Crippen molar-refractivity contribution in [1.82, 2.24) is 4.98 Å². The van der Waals surface area contributed by atoms with E-state index in [2.05, 4.69) is 11.1 Å². The van der Waals surface area contributed by atoms with Crippen molar-refractivity contribution < 1.29 is 4.74 Å². The second-order valence-electron chi connectivity index (χ2n) is 3.03. The maximum absolute atomic E-state index is 8.47. The smallest absolute Gasteiger partial charge is 0.138 e. The first-order chi connectivity index (χ1) is 6.22. The van der Waals surface area contributed by atoms with Crippen LogP contribution in [0.4, 0.5) is 0 Å². The average molecular weight is 176 g/mol. The Morgan fingerprint density at radius 2 is 2.31 bits per heavy atom. The first-order valence-corrected chi connectivity index (χ1v) is 4.20. The minimum absolute atomic E-state index is 0.138. The minimum Gasteiger partial charge on any atom is -0.489 e. The Kier molecular flexibility index (Phi) is 3.27. The third-order valence-corrected chi connectivity index (χ3v) is 1.42. The van der Waals surface area contributed by atoms with E-state index < -0.39 is 0 Å². The summed E-state index contributed by atoms with van der Waals surface area (Å²) in [5.41, 5.74) is 0.889. The maximum Gasteiger partial charge on any atom is 0.138 e. The van der Waals surface area contributed by atoms with Gasteiger partial charge in [-0.2, -0.15) is 5.26 Å². The van der Waals surface area contributed by atoms with Crippen molar-refractivity contribution in [2.75, 3.05) is 0 Å². The number of hydrogen-bond acceptors (Lipinski definition) is 3. The number of aromatic nitrogens is 1. The molecule has 0 spiro atoms. The van der Waals surface area contributed by atoms with Gasteiger partial charge in [-0.05, 0) is 25.5 Å². The Balaban J connectivity index is 2.74. The average Bonchev–Trinajstić information content (AvgIpc) is 2.04. The van der Waals surface area contributed by atoms with Gasteiger partial charge in [-0.25, -0.2) is 0 Å². The van der Waals surface area contributed by atoms with Gasteiger partial charge < -0.3 is 4.74 Å². The fourth-order valence-electron chi connectivity index (χ4n) is 0.988. The summed E-state index contributed by atoms with van der Waals surface area (Å²) in [5, 5.41) is 8.47. The maximum atomic E-state index is 8.47. The van der Waals surface area contributed by atoms with Gasteiger partial charge >= 0.3 is 0 Å². The third-order valence-electron chi connectivity index (χ3n) is 1.42. The first kappa shape index (κ1) is 9.53. The normalized spacial score (nSPS) is 9.69. The molecule has 68 valence electrons. The second-order valence-corrected chi connectivity index (χ2v) is 3.03. The molecule has 1 rings (SSSR count). The van der Waals surface area contributed by atoms with E-state index in [-0.39, 0.29) is 6.10 Å². The van der Waals surface area contributed by atoms with E-state index in [1.54, 1.807) is 12.4 Å². The van der Waals surface area contributed by atoms with E-state index in [9.17, 15) is 0 Å². The van der Waals surface area contributed by atoms with E-state index >= 15 is 0 Å². The van der Waals surface area contributed by atoms with Gasteiger partial charge in [-0.1, -0.05) is 0 Å². The summed E-state index contributed by atoms with van der Waals surface area (Å²) in [4.78, 5) is 3.98. The SMILES string of the molecule is CC(C)Oc1cncc(CC#N)c1. The molecule has 0 aliphatic heterocycles. The van der Waals surface area contributed by atoms with Crippen molar-refractivity contribution in [3.05, 3.63) is 24.0 Å². The van der Waals surface area contributed by atoms with E-state index in [1.165, 1.54) is 0 Å². The Hall–Kier alpha value is -1.56. The molecule has 0 bridgehead atoms. The predicted octanol–water partition coefficient (Wildman–Crippen LogP) is 1.93. The molecule has 0 aliphatic carbocycles. The van der Waals surface area contributed by atoms with Crippen molar-refractivity contribution >= 4 is 0 Å². The van der Waals surface area contributed by atoms with Crippen LogP contribution in [0.1, 0.15) is 19.4 Å². The van der Waals surface area contributed by atoms with Crippen LogP contribution in [0.25, 0.3) is 0 Å². The highest BCUT2D eigenvalue weighted by molar-refractivity contribution is 5.25. The Morgan fingerprint density at radius 3 is 2.92 bits per heavy atom. The number of ether oxygens (including phenoxy) is 1. The Bertz CT molecular complexity index is 315. The highest BCUT2D eigenvalue weighted by Gasteiger charge is 1.99. The van der Waals surface area contributed by atoms with Crippen LogP contribution in [-0.4, -0.2) is 11.1 Å². The molecule has 1 aromatic heterocycles. The molecule has 0 saturated carbocycles. The number of pyridine rings is 1. The summed E-state index contributed by atoms with van der Waals surface area (Å²) in [6.45, 7) is 3.91. The minimum atomic E-state index is 0.138. The molecule has 3 nitrogen and oxygen atoms in total. The van der Waals surface area contributed by atoms with Gasteiger partial charge in [-0.15, -0.1) is 0 Å². The van der Waals surface area contributed by atoms with Gasteiger partial charge in [0.25, 0.3) is 0 Å². The van der Waals surface area contributed by atoms with Gasteiger partial charge in [-0.3, -0.25) is 4.98 Å². The highest BCUT2D eigenvalue weighted by atomic mass is 16.5. The lowest BCUT2D eigenvalue weighted by Crippen LogP contribution is -2.05. The molecule has 0 radical (unpaired) electrons. The molecule has 0 atom stereocenters. The highest BCUT2D eigenvalue weighted by Crippen LogP contribution is 2.12. The summed E-state index contributed by atoms with van der Waals surface area (Å²) in [7, 11) is 0. The van der Waals surface area contributed by atoms with Crippen LogP contribution in [0, 0.1) is 11.3 Å². The fourth-order valence-corrected chi connectivity index (χ4v) is 0.988. The topological polar surface area (TPSA) is 45.9 Å². The molecule has 0 N–H and O–H groups in total. The molecular formula is C10H12N2O. The van der Waals surface area contributed by atoms with Crippen LogP contribution in [0.2, 0.25) is 0 Å². The lowest BCUT2D eigenvalue weighted by atomic mass is 10.2. The molecule has 0 aromatic carbocycles. The Morgan fingerprint density at radius 1 is 1.54 bits per heavy atom. The van der Waals surface area contributed by atoms with E-state index in [1.807, 2.05) is 19.9 Å². The van der Waals surface area contributed by atoms with Crippen molar-refractivity contribution in [3.8, 4) is 11.8 Å². The Labute approximate surface area is 78.0 Å². The molecule has 0 aliphatic rings. The molecule has 0 unspecified atom stereocenters. The molecule has 1 heterocycles. The summed E-state index contributed by atoms with van der Waals surface area (Å²) >= 11 is 0. The van der Waals surface area contributed by atoms with Gasteiger partial charge in [0.2, 0.25) is 0 Å². The van der Waals surface area contributed by atoms with Crippen LogP contribution in [0.15, 0.2) is 18.5 Å². The molecule has 0 amide bonds. The lowest BCUT2D eigenvalue weighted by molar-refractivity contribution is 0.241. The second kappa shape index (κ2) is 4.46. The van der Waals surface area contributed by atoms with E-state index in [4.69, 9.17) is 10.00 Å². The first-order valence-electron chi connectivity index (χ1n) is 4.20. The van der Waals surface area contributed by atoms with Crippen LogP contribution in [-0.2, 0) is 6.42 Å². The molecule has 3 heteroatoms. The lowest BCUT2D eigenvalue weighted by Gasteiger charge is -2.09. The number of rotatable bonds is 3. The predicted molar refractivity (Wildman–Crippen MR) is 49.3 cm³/mol. The zero-order valence-corrected chi connectivity index (χ0v) is 7.82. The van der Waals surface area contributed by atoms with Gasteiger partial charge in [0.1, 0.15) is 5.75 Å². The molecule has 1 aromatic rings. The summed E-state index contributed by atoms with van der Waals surface area (Å²) in [6.07, 6.45) is 3.85. The molecular weight excluding hydrogens is 164 g/mol. The molecule has 0 fully saturated rings. The fraction of sp³-hybridized carbons (Fsp3) is 0.400.